The van der Waals surface area contributed by atoms with Crippen molar-refractivity contribution in [2.45, 2.75) is 44.4 Å². The fourth-order valence-electron chi connectivity index (χ4n) is 1.16. The summed E-state index contributed by atoms with van der Waals surface area (Å²) < 4.78 is 0. The number of thiol groups is 1. The molecule has 2 nitrogen and oxygen atoms in total. The molecule has 0 spiro atoms. The number of unbranched alkanes of at least 4 members (excludes halogenated alkanes) is 2. The van der Waals surface area contributed by atoms with Crippen LogP contribution in [-0.4, -0.2) is 9.97 Å². The van der Waals surface area contributed by atoms with Gasteiger partial charge in [-0.05, 0) is 13.3 Å². The van der Waals surface area contributed by atoms with Crippen LogP contribution in [0.5, 0.6) is 0 Å². The molecule has 0 saturated heterocycles. The second kappa shape index (κ2) is 5.22. The Labute approximate surface area is 85.2 Å². The second-order valence-electron chi connectivity index (χ2n) is 3.21. The van der Waals surface area contributed by atoms with Gasteiger partial charge in [-0.15, -0.1) is 12.6 Å². The van der Waals surface area contributed by atoms with Crippen molar-refractivity contribution in [2.75, 3.05) is 0 Å². The van der Waals surface area contributed by atoms with Gasteiger partial charge in [0.05, 0.1) is 5.69 Å². The van der Waals surface area contributed by atoms with Crippen LogP contribution >= 0.6 is 12.6 Å². The molecule has 0 amide bonds. The lowest BCUT2D eigenvalue weighted by Gasteiger charge is -2.01. The minimum Gasteiger partial charge on any atom is -0.240 e. The van der Waals surface area contributed by atoms with Crippen LogP contribution in [0.3, 0.4) is 0 Å². The van der Waals surface area contributed by atoms with Crippen LogP contribution in [0.1, 0.15) is 37.7 Å². The molecule has 0 fully saturated rings. The molecule has 0 atom stereocenters. The largest absolute Gasteiger partial charge is 0.240 e. The van der Waals surface area contributed by atoms with Gasteiger partial charge in [-0.3, -0.25) is 0 Å². The van der Waals surface area contributed by atoms with Crippen LogP contribution in [0, 0.1) is 6.92 Å². The van der Waals surface area contributed by atoms with Crippen molar-refractivity contribution in [3.63, 3.8) is 0 Å². The van der Waals surface area contributed by atoms with E-state index in [1.807, 2.05) is 6.92 Å². The number of nitrogens with zero attached hydrogens (tertiary/aromatic N) is 2. The molecule has 13 heavy (non-hydrogen) atoms. The van der Waals surface area contributed by atoms with Gasteiger partial charge < -0.3 is 0 Å². The summed E-state index contributed by atoms with van der Waals surface area (Å²) in [6.45, 7) is 4.16. The zero-order chi connectivity index (χ0) is 9.68. The van der Waals surface area contributed by atoms with Crippen molar-refractivity contribution in [1.82, 2.24) is 9.97 Å². The summed E-state index contributed by atoms with van der Waals surface area (Å²) in [5.41, 5.74) is 0.977. The predicted molar refractivity (Wildman–Crippen MR) is 57.3 cm³/mol. The smallest absolute Gasteiger partial charge is 0.128 e. The number of hydrogen-bond acceptors (Lipinski definition) is 3. The maximum absolute atomic E-state index is 4.36. The van der Waals surface area contributed by atoms with Crippen molar-refractivity contribution >= 4 is 12.6 Å². The van der Waals surface area contributed by atoms with E-state index in [9.17, 15) is 0 Å². The number of hydrogen-bond donors (Lipinski definition) is 1. The van der Waals surface area contributed by atoms with Crippen molar-refractivity contribution in [2.24, 2.45) is 0 Å². The van der Waals surface area contributed by atoms with E-state index in [1.54, 1.807) is 6.20 Å². The topological polar surface area (TPSA) is 25.8 Å². The van der Waals surface area contributed by atoms with Gasteiger partial charge in [0.2, 0.25) is 0 Å². The van der Waals surface area contributed by atoms with Crippen molar-refractivity contribution < 1.29 is 0 Å². The first kappa shape index (κ1) is 10.5. The molecular formula is C10H16N2S. The molecule has 0 radical (unpaired) electrons. The van der Waals surface area contributed by atoms with E-state index in [-0.39, 0.29) is 0 Å². The molecule has 0 aliphatic heterocycles. The normalized spacial score (nSPS) is 10.4. The molecule has 72 valence electrons. The highest BCUT2D eigenvalue weighted by molar-refractivity contribution is 7.80. The van der Waals surface area contributed by atoms with E-state index in [4.69, 9.17) is 0 Å². The summed E-state index contributed by atoms with van der Waals surface area (Å²) in [7, 11) is 0. The Morgan fingerprint density at radius 3 is 2.77 bits per heavy atom. The average molecular weight is 196 g/mol. The number of aryl methyl sites for hydroxylation is 2. The van der Waals surface area contributed by atoms with E-state index in [1.165, 1.54) is 19.3 Å². The summed E-state index contributed by atoms with van der Waals surface area (Å²) in [6, 6.07) is 0. The highest BCUT2D eigenvalue weighted by atomic mass is 32.1. The Kier molecular flexibility index (Phi) is 4.22. The fourth-order valence-corrected chi connectivity index (χ4v) is 1.27. The van der Waals surface area contributed by atoms with Gasteiger partial charge in [-0.2, -0.15) is 0 Å². The predicted octanol–water partition coefficient (Wildman–Crippen LogP) is 2.81. The summed E-state index contributed by atoms with van der Waals surface area (Å²) in [5, 5.41) is 0. The first-order chi connectivity index (χ1) is 6.24. The van der Waals surface area contributed by atoms with Crippen LogP contribution in [0.2, 0.25) is 0 Å². The third-order valence-corrected chi connectivity index (χ3v) is 2.45. The van der Waals surface area contributed by atoms with E-state index in [0.29, 0.717) is 0 Å². The zero-order valence-corrected chi connectivity index (χ0v) is 9.14. The number of rotatable bonds is 4. The lowest BCUT2D eigenvalue weighted by molar-refractivity contribution is 0.688. The molecular weight excluding hydrogens is 180 g/mol. The quantitative estimate of drug-likeness (QED) is 0.592. The molecule has 0 aliphatic carbocycles. The van der Waals surface area contributed by atoms with Gasteiger partial charge in [-0.1, -0.05) is 19.8 Å². The molecule has 1 aromatic heterocycles. The second-order valence-corrected chi connectivity index (χ2v) is 3.70. The zero-order valence-electron chi connectivity index (χ0n) is 8.25. The minimum absolute atomic E-state index is 0.874. The Morgan fingerprint density at radius 2 is 2.15 bits per heavy atom. The van der Waals surface area contributed by atoms with Gasteiger partial charge >= 0.3 is 0 Å². The Hall–Kier alpha value is -0.570. The van der Waals surface area contributed by atoms with Gasteiger partial charge in [0.15, 0.2) is 0 Å². The minimum atomic E-state index is 0.874. The van der Waals surface area contributed by atoms with E-state index < -0.39 is 0 Å². The molecule has 0 aliphatic rings. The maximum atomic E-state index is 4.36. The van der Waals surface area contributed by atoms with Gasteiger partial charge in [0.25, 0.3) is 0 Å². The van der Waals surface area contributed by atoms with Crippen LogP contribution < -0.4 is 0 Å². The Balaban J connectivity index is 2.53. The van der Waals surface area contributed by atoms with Crippen molar-refractivity contribution in [3.05, 3.63) is 17.7 Å². The summed E-state index contributed by atoms with van der Waals surface area (Å²) >= 11 is 4.23. The Morgan fingerprint density at radius 1 is 1.38 bits per heavy atom. The SMILES string of the molecule is CCCCCc1ncc(S)c(C)n1. The average Bonchev–Trinajstić information content (AvgIpc) is 2.12. The third-order valence-electron chi connectivity index (χ3n) is 2.01. The third kappa shape index (κ3) is 3.35. The molecule has 0 unspecified atom stereocenters. The number of aromatic nitrogens is 2. The lowest BCUT2D eigenvalue weighted by Crippen LogP contribution is -1.97. The van der Waals surface area contributed by atoms with E-state index in [2.05, 4.69) is 29.5 Å². The standard InChI is InChI=1S/C10H16N2S/c1-3-4-5-6-10-11-7-9(13)8(2)12-10/h7,13H,3-6H2,1-2H3. The van der Waals surface area contributed by atoms with Crippen molar-refractivity contribution in [3.8, 4) is 0 Å². The highest BCUT2D eigenvalue weighted by Crippen LogP contribution is 2.09. The van der Waals surface area contributed by atoms with Crippen LogP contribution in [0.25, 0.3) is 0 Å². The van der Waals surface area contributed by atoms with Gasteiger partial charge in [0, 0.05) is 17.5 Å². The first-order valence-corrected chi connectivity index (χ1v) is 5.20. The Bertz CT molecular complexity index is 274. The fraction of sp³-hybridized carbons (Fsp3) is 0.600. The molecule has 0 aromatic carbocycles. The molecule has 1 aromatic rings. The van der Waals surface area contributed by atoms with Gasteiger partial charge in [0.1, 0.15) is 5.82 Å². The van der Waals surface area contributed by atoms with Gasteiger partial charge in [-0.25, -0.2) is 9.97 Å². The first-order valence-electron chi connectivity index (χ1n) is 4.75. The highest BCUT2D eigenvalue weighted by Gasteiger charge is 1.99. The lowest BCUT2D eigenvalue weighted by atomic mass is 10.2. The molecule has 0 N–H and O–H groups in total. The van der Waals surface area contributed by atoms with Crippen molar-refractivity contribution in [1.29, 1.82) is 0 Å². The molecule has 0 bridgehead atoms. The summed E-state index contributed by atoms with van der Waals surface area (Å²) in [5.74, 6) is 0.948. The maximum Gasteiger partial charge on any atom is 0.128 e. The van der Waals surface area contributed by atoms with Crippen LogP contribution in [0.4, 0.5) is 0 Å². The van der Waals surface area contributed by atoms with Crippen LogP contribution in [0.15, 0.2) is 11.1 Å². The molecule has 0 saturated carbocycles. The molecule has 1 rings (SSSR count). The monoisotopic (exact) mass is 196 g/mol. The summed E-state index contributed by atoms with van der Waals surface area (Å²) in [6.07, 6.45) is 6.45. The van der Waals surface area contributed by atoms with E-state index in [0.717, 1.165) is 22.8 Å². The van der Waals surface area contributed by atoms with Crippen LogP contribution in [-0.2, 0) is 6.42 Å². The van der Waals surface area contributed by atoms with E-state index >= 15 is 0 Å². The molecule has 1 heterocycles. The molecule has 3 heteroatoms. The summed E-state index contributed by atoms with van der Waals surface area (Å²) in [4.78, 5) is 9.45.